The zero-order chi connectivity index (χ0) is 30.8. The highest BCUT2D eigenvalue weighted by Gasteiger charge is 2.32. The predicted molar refractivity (Wildman–Crippen MR) is 173 cm³/mol. The molecule has 0 saturated carbocycles. The Labute approximate surface area is 262 Å². The van der Waals surface area contributed by atoms with Gasteiger partial charge in [0.05, 0.1) is 36.5 Å². The van der Waals surface area contributed by atoms with E-state index in [1.165, 1.54) is 0 Å². The summed E-state index contributed by atoms with van der Waals surface area (Å²) in [5.41, 5.74) is 3.51. The van der Waals surface area contributed by atoms with E-state index in [1.54, 1.807) is 13.2 Å². The number of rotatable bonds is 9. The number of aliphatic imine (C=N–C) groups is 1. The fraction of sp³-hybridized carbons (Fsp3) is 0.371. The van der Waals surface area contributed by atoms with Crippen molar-refractivity contribution in [2.45, 2.75) is 31.7 Å². The van der Waals surface area contributed by atoms with Crippen molar-refractivity contribution >= 4 is 29.2 Å². The first-order valence-electron chi connectivity index (χ1n) is 15.8. The monoisotopic (exact) mass is 606 g/mol. The van der Waals surface area contributed by atoms with Crippen LogP contribution >= 0.6 is 0 Å². The van der Waals surface area contributed by atoms with Gasteiger partial charge < -0.3 is 19.3 Å². The molecule has 10 nitrogen and oxygen atoms in total. The largest absolute Gasteiger partial charge is 0.493 e. The van der Waals surface area contributed by atoms with Crippen LogP contribution in [0.1, 0.15) is 46.5 Å². The van der Waals surface area contributed by atoms with Crippen molar-refractivity contribution in [2.24, 2.45) is 4.99 Å². The summed E-state index contributed by atoms with van der Waals surface area (Å²) in [6.45, 7) is 5.24. The van der Waals surface area contributed by atoms with Gasteiger partial charge in [0.25, 0.3) is 11.8 Å². The molecule has 0 spiro atoms. The first-order chi connectivity index (χ1) is 22.1. The van der Waals surface area contributed by atoms with E-state index in [4.69, 9.17) is 14.5 Å². The van der Waals surface area contributed by atoms with Gasteiger partial charge in [-0.1, -0.05) is 36.4 Å². The summed E-state index contributed by atoms with van der Waals surface area (Å²) in [6, 6.07) is 19.5. The lowest BCUT2D eigenvalue weighted by molar-refractivity contribution is 0.0630. The van der Waals surface area contributed by atoms with E-state index in [2.05, 4.69) is 9.89 Å². The number of hydrogen-bond acceptors (Lipinski definition) is 7. The minimum atomic E-state index is -0.0185. The summed E-state index contributed by atoms with van der Waals surface area (Å²) in [6.07, 6.45) is 7.65. The number of benzene rings is 2. The zero-order valence-corrected chi connectivity index (χ0v) is 25.6. The van der Waals surface area contributed by atoms with Crippen LogP contribution in [0.5, 0.6) is 11.5 Å². The average molecular weight is 607 g/mol. The number of piperazine rings is 1. The van der Waals surface area contributed by atoms with Crippen molar-refractivity contribution in [3.8, 4) is 22.9 Å². The van der Waals surface area contributed by atoms with E-state index in [-0.39, 0.29) is 17.9 Å². The Balaban J connectivity index is 0.909. The Morgan fingerprint density at radius 3 is 2.60 bits per heavy atom. The van der Waals surface area contributed by atoms with Gasteiger partial charge in [-0.2, -0.15) is 0 Å². The SMILES string of the molecule is COc1cc2c(cc1OCCCCN1CCN(C(=O)c3nc(-c4ccccc4)n4ccccc34)CC1)N=C[C@@H]1CCCN1C2=O. The van der Waals surface area contributed by atoms with Crippen LogP contribution in [0.25, 0.3) is 16.9 Å². The van der Waals surface area contributed by atoms with Crippen LogP contribution in [-0.4, -0.2) is 101 Å². The second kappa shape index (κ2) is 12.7. The van der Waals surface area contributed by atoms with Gasteiger partial charge in [-0.25, -0.2) is 4.98 Å². The molecule has 7 rings (SSSR count). The van der Waals surface area contributed by atoms with E-state index in [0.29, 0.717) is 48.1 Å². The van der Waals surface area contributed by atoms with Gasteiger partial charge >= 0.3 is 0 Å². The van der Waals surface area contributed by atoms with Crippen LogP contribution in [-0.2, 0) is 0 Å². The molecule has 3 aliphatic rings. The van der Waals surface area contributed by atoms with Crippen molar-refractivity contribution in [3.63, 3.8) is 0 Å². The average Bonchev–Trinajstić information content (AvgIpc) is 3.69. The second-order valence-corrected chi connectivity index (χ2v) is 11.8. The Hall–Kier alpha value is -4.70. The number of carbonyl (C=O) groups excluding carboxylic acids is 2. The van der Waals surface area contributed by atoms with Gasteiger partial charge in [0, 0.05) is 56.8 Å². The van der Waals surface area contributed by atoms with Gasteiger partial charge in [-0.05, 0) is 50.4 Å². The molecule has 2 aromatic carbocycles. The van der Waals surface area contributed by atoms with Crippen molar-refractivity contribution in [3.05, 3.63) is 78.1 Å². The molecule has 2 saturated heterocycles. The minimum absolute atomic E-state index is 0.00634. The molecule has 232 valence electrons. The molecule has 3 aliphatic heterocycles. The summed E-state index contributed by atoms with van der Waals surface area (Å²) in [5.74, 6) is 1.93. The van der Waals surface area contributed by atoms with Gasteiger partial charge in [0.1, 0.15) is 5.82 Å². The number of amides is 2. The number of hydrogen-bond donors (Lipinski definition) is 0. The third-order valence-corrected chi connectivity index (χ3v) is 9.03. The van der Waals surface area contributed by atoms with Crippen LogP contribution in [0.15, 0.2) is 71.9 Å². The fourth-order valence-electron chi connectivity index (χ4n) is 6.55. The van der Waals surface area contributed by atoms with Crippen molar-refractivity contribution in [1.82, 2.24) is 24.1 Å². The quantitative estimate of drug-likeness (QED) is 0.251. The van der Waals surface area contributed by atoms with Gasteiger partial charge in [0.15, 0.2) is 17.2 Å². The number of methoxy groups -OCH3 is 1. The highest BCUT2D eigenvalue weighted by Crippen LogP contribution is 2.38. The topological polar surface area (TPSA) is 92.0 Å². The molecule has 5 heterocycles. The standard InChI is InChI=1S/C35H38N6O4/c1-44-30-22-27-28(36-24-26-12-9-16-40(26)34(27)42)23-31(30)45-21-8-7-14-38-17-19-39(20-18-38)35(43)32-29-13-5-6-15-41(29)33(37-32)25-10-3-2-4-11-25/h2-6,10-11,13,15,22-24,26H,7-9,12,14,16-21H2,1H3/t26-/m0/s1. The molecule has 0 unspecified atom stereocenters. The molecule has 2 fully saturated rings. The summed E-state index contributed by atoms with van der Waals surface area (Å²) >= 11 is 0. The van der Waals surface area contributed by atoms with E-state index >= 15 is 0 Å². The fourth-order valence-corrected chi connectivity index (χ4v) is 6.55. The molecule has 0 bridgehead atoms. The minimum Gasteiger partial charge on any atom is -0.493 e. The van der Waals surface area contributed by atoms with Crippen molar-refractivity contribution < 1.29 is 19.1 Å². The van der Waals surface area contributed by atoms with Crippen molar-refractivity contribution in [2.75, 3.05) is 53.0 Å². The Morgan fingerprint density at radius 1 is 0.956 bits per heavy atom. The molecule has 0 radical (unpaired) electrons. The van der Waals surface area contributed by atoms with Crippen LogP contribution in [0.3, 0.4) is 0 Å². The molecule has 0 aliphatic carbocycles. The van der Waals surface area contributed by atoms with E-state index in [0.717, 1.165) is 68.8 Å². The molecule has 2 aromatic heterocycles. The molecule has 0 N–H and O–H groups in total. The zero-order valence-electron chi connectivity index (χ0n) is 25.6. The number of aromatic nitrogens is 2. The van der Waals surface area contributed by atoms with Gasteiger partial charge in [-0.15, -0.1) is 0 Å². The number of unbranched alkanes of at least 4 members (excludes halogenated alkanes) is 1. The number of fused-ring (bicyclic) bond motifs is 3. The van der Waals surface area contributed by atoms with Crippen LogP contribution in [0.4, 0.5) is 5.69 Å². The summed E-state index contributed by atoms with van der Waals surface area (Å²) in [7, 11) is 1.60. The summed E-state index contributed by atoms with van der Waals surface area (Å²) < 4.78 is 13.7. The maximum atomic E-state index is 13.6. The van der Waals surface area contributed by atoms with Gasteiger partial charge in [-0.3, -0.25) is 23.9 Å². The first kappa shape index (κ1) is 29.0. The molecular weight excluding hydrogens is 568 g/mol. The normalized spacial score (nSPS) is 18.2. The van der Waals surface area contributed by atoms with Crippen LogP contribution < -0.4 is 9.47 Å². The summed E-state index contributed by atoms with van der Waals surface area (Å²) in [5, 5.41) is 0. The maximum absolute atomic E-state index is 13.6. The third kappa shape index (κ3) is 5.78. The lowest BCUT2D eigenvalue weighted by Crippen LogP contribution is -2.49. The molecule has 10 heteroatoms. The Morgan fingerprint density at radius 2 is 1.78 bits per heavy atom. The molecule has 1 atom stereocenters. The lowest BCUT2D eigenvalue weighted by Gasteiger charge is -2.34. The van der Waals surface area contributed by atoms with Gasteiger partial charge in [0.2, 0.25) is 0 Å². The highest BCUT2D eigenvalue weighted by molar-refractivity contribution is 6.03. The van der Waals surface area contributed by atoms with Crippen LogP contribution in [0.2, 0.25) is 0 Å². The van der Waals surface area contributed by atoms with Crippen LogP contribution in [0, 0.1) is 0 Å². The molecule has 2 amide bonds. The number of carbonyl (C=O) groups is 2. The predicted octanol–water partition coefficient (Wildman–Crippen LogP) is 4.95. The lowest BCUT2D eigenvalue weighted by atomic mass is 10.1. The highest BCUT2D eigenvalue weighted by atomic mass is 16.5. The van der Waals surface area contributed by atoms with E-state index in [9.17, 15) is 9.59 Å². The molecule has 45 heavy (non-hydrogen) atoms. The first-order valence-corrected chi connectivity index (χ1v) is 15.8. The third-order valence-electron chi connectivity index (χ3n) is 9.03. The van der Waals surface area contributed by atoms with E-state index in [1.807, 2.05) is 81.2 Å². The summed E-state index contributed by atoms with van der Waals surface area (Å²) in [4.78, 5) is 42.4. The molecule has 4 aromatic rings. The smallest absolute Gasteiger partial charge is 0.274 e. The number of pyridine rings is 1. The van der Waals surface area contributed by atoms with Crippen molar-refractivity contribution in [1.29, 1.82) is 0 Å². The maximum Gasteiger partial charge on any atom is 0.274 e. The van der Waals surface area contributed by atoms with E-state index < -0.39 is 0 Å². The molecular formula is C35H38N6O4. The number of nitrogens with zero attached hydrogens (tertiary/aromatic N) is 6. The number of imidazole rings is 1. The second-order valence-electron chi connectivity index (χ2n) is 11.8. The Kier molecular flexibility index (Phi) is 8.21. The number of ether oxygens (including phenoxy) is 2. The Bertz CT molecular complexity index is 1730.